The molecule has 1 amide bonds. The van der Waals surface area contributed by atoms with E-state index in [1.54, 1.807) is 23.2 Å². The summed E-state index contributed by atoms with van der Waals surface area (Å²) in [5.74, 6) is 0.544. The minimum absolute atomic E-state index is 0.0900. The molecular formula is C25H27F3N4O3. The molecule has 7 nitrogen and oxygen atoms in total. The number of carbonyl (C=O) groups is 1. The number of alkyl halides is 3. The fraction of sp³-hybridized carbons (Fsp3) is 0.400. The monoisotopic (exact) mass is 488 g/mol. The Morgan fingerprint density at radius 2 is 2.06 bits per heavy atom. The predicted octanol–water partition coefficient (Wildman–Crippen LogP) is 5.21. The number of rotatable bonds is 7. The second kappa shape index (κ2) is 9.97. The maximum atomic E-state index is 13.9. The number of pyridine rings is 1. The van der Waals surface area contributed by atoms with Gasteiger partial charge >= 0.3 is 6.18 Å². The number of hydrogen-bond donors (Lipinski definition) is 1. The van der Waals surface area contributed by atoms with Crippen molar-refractivity contribution in [3.8, 4) is 22.9 Å². The average molecular weight is 489 g/mol. The van der Waals surface area contributed by atoms with E-state index in [9.17, 15) is 18.0 Å². The van der Waals surface area contributed by atoms with E-state index in [4.69, 9.17) is 9.47 Å². The molecule has 1 fully saturated rings. The van der Waals surface area contributed by atoms with Gasteiger partial charge in [-0.3, -0.25) is 9.89 Å². The lowest BCUT2D eigenvalue weighted by Gasteiger charge is -2.32. The van der Waals surface area contributed by atoms with Gasteiger partial charge in [-0.1, -0.05) is 26.0 Å². The zero-order valence-electron chi connectivity index (χ0n) is 19.7. The summed E-state index contributed by atoms with van der Waals surface area (Å²) in [4.78, 5) is 19.6. The van der Waals surface area contributed by atoms with Crippen molar-refractivity contribution in [1.29, 1.82) is 0 Å². The number of hydrogen-bond acceptors (Lipinski definition) is 5. The summed E-state index contributed by atoms with van der Waals surface area (Å²) in [6.07, 6.45) is -1.31. The number of H-pyrrole nitrogens is 1. The van der Waals surface area contributed by atoms with Crippen molar-refractivity contribution in [2.24, 2.45) is 5.92 Å². The van der Waals surface area contributed by atoms with Crippen LogP contribution in [0.4, 0.5) is 13.2 Å². The average Bonchev–Trinajstić information content (AvgIpc) is 3.51. The Morgan fingerprint density at radius 3 is 2.66 bits per heavy atom. The van der Waals surface area contributed by atoms with Gasteiger partial charge in [-0.2, -0.15) is 18.3 Å². The number of aromatic nitrogens is 3. The molecule has 1 aromatic carbocycles. The standard InChI is InChI=1S/C25H27F3N4O3/c1-4-20(35-22-9-8-16(13-29-22)25(26,27)28)19-12-15(2)14-32(19)24(33)23-17(18-10-11-30-31-18)6-5-7-21(23)34-3/h5-11,13,15,19-20H,4,12,14H2,1-3H3,(H,30,31). The first kappa shape index (κ1) is 24.6. The lowest BCUT2D eigenvalue weighted by molar-refractivity contribution is -0.137. The van der Waals surface area contributed by atoms with Gasteiger partial charge in [-0.15, -0.1) is 0 Å². The van der Waals surface area contributed by atoms with Crippen molar-refractivity contribution < 1.29 is 27.4 Å². The molecule has 0 bridgehead atoms. The van der Waals surface area contributed by atoms with Crippen LogP contribution in [0.2, 0.25) is 0 Å². The van der Waals surface area contributed by atoms with Crippen LogP contribution in [0.3, 0.4) is 0 Å². The largest absolute Gasteiger partial charge is 0.496 e. The molecule has 0 radical (unpaired) electrons. The molecular weight excluding hydrogens is 461 g/mol. The molecule has 1 aliphatic rings. The molecule has 0 saturated carbocycles. The predicted molar refractivity (Wildman–Crippen MR) is 123 cm³/mol. The Kier molecular flexibility index (Phi) is 7.00. The number of aromatic amines is 1. The number of halogens is 3. The molecule has 1 N–H and O–H groups in total. The second-order valence-electron chi connectivity index (χ2n) is 8.67. The minimum atomic E-state index is -4.47. The van der Waals surface area contributed by atoms with E-state index in [0.717, 1.165) is 12.3 Å². The molecule has 3 unspecified atom stereocenters. The van der Waals surface area contributed by atoms with Crippen molar-refractivity contribution in [3.63, 3.8) is 0 Å². The van der Waals surface area contributed by atoms with Crippen molar-refractivity contribution in [2.45, 2.75) is 45.0 Å². The van der Waals surface area contributed by atoms with Gasteiger partial charge in [-0.25, -0.2) is 4.98 Å². The maximum Gasteiger partial charge on any atom is 0.417 e. The molecule has 3 heterocycles. The van der Waals surface area contributed by atoms with Crippen molar-refractivity contribution in [1.82, 2.24) is 20.1 Å². The van der Waals surface area contributed by atoms with Gasteiger partial charge in [0.25, 0.3) is 5.91 Å². The maximum absolute atomic E-state index is 13.9. The van der Waals surface area contributed by atoms with Crippen LogP contribution < -0.4 is 9.47 Å². The molecule has 1 saturated heterocycles. The topological polar surface area (TPSA) is 80.3 Å². The van der Waals surface area contributed by atoms with Gasteiger partial charge in [-0.05, 0) is 37.0 Å². The summed E-state index contributed by atoms with van der Waals surface area (Å²) >= 11 is 0. The van der Waals surface area contributed by atoms with Gasteiger partial charge < -0.3 is 14.4 Å². The first-order valence-electron chi connectivity index (χ1n) is 11.4. The van der Waals surface area contributed by atoms with E-state index < -0.39 is 17.8 Å². The summed E-state index contributed by atoms with van der Waals surface area (Å²) in [7, 11) is 1.52. The second-order valence-corrected chi connectivity index (χ2v) is 8.67. The molecule has 2 aromatic heterocycles. The van der Waals surface area contributed by atoms with Gasteiger partial charge in [0.2, 0.25) is 5.88 Å². The third kappa shape index (κ3) is 5.11. The minimum Gasteiger partial charge on any atom is -0.496 e. The Morgan fingerprint density at radius 1 is 1.26 bits per heavy atom. The number of nitrogens with zero attached hydrogens (tertiary/aromatic N) is 3. The molecule has 10 heteroatoms. The third-order valence-corrected chi connectivity index (χ3v) is 6.23. The fourth-order valence-corrected chi connectivity index (χ4v) is 4.57. The number of amides is 1. The van der Waals surface area contributed by atoms with E-state index in [-0.39, 0.29) is 23.7 Å². The Bertz CT molecular complexity index is 1150. The van der Waals surface area contributed by atoms with E-state index in [1.807, 2.05) is 19.1 Å². The molecule has 4 rings (SSSR count). The molecule has 3 aromatic rings. The van der Waals surface area contributed by atoms with Crippen LogP contribution in [0.1, 0.15) is 42.6 Å². The van der Waals surface area contributed by atoms with Gasteiger partial charge in [0.05, 0.1) is 30.0 Å². The Balaban J connectivity index is 1.63. The van der Waals surface area contributed by atoms with Gasteiger partial charge in [0, 0.05) is 30.6 Å². The highest BCUT2D eigenvalue weighted by atomic mass is 19.4. The van der Waals surface area contributed by atoms with Crippen LogP contribution in [0, 0.1) is 5.92 Å². The molecule has 3 atom stereocenters. The van der Waals surface area contributed by atoms with Crippen LogP contribution in [-0.2, 0) is 6.18 Å². The number of ether oxygens (including phenoxy) is 2. The van der Waals surface area contributed by atoms with Crippen LogP contribution in [-0.4, -0.2) is 51.8 Å². The number of methoxy groups -OCH3 is 1. The van der Waals surface area contributed by atoms with Crippen LogP contribution in [0.5, 0.6) is 11.6 Å². The van der Waals surface area contributed by atoms with E-state index in [2.05, 4.69) is 22.1 Å². The third-order valence-electron chi connectivity index (χ3n) is 6.23. The summed E-state index contributed by atoms with van der Waals surface area (Å²) in [5.41, 5.74) is 0.935. The molecule has 0 aliphatic carbocycles. The quantitative estimate of drug-likeness (QED) is 0.494. The number of carbonyl (C=O) groups excluding carboxylic acids is 1. The fourth-order valence-electron chi connectivity index (χ4n) is 4.57. The lowest BCUT2D eigenvalue weighted by Crippen LogP contribution is -2.45. The zero-order valence-corrected chi connectivity index (χ0v) is 19.7. The van der Waals surface area contributed by atoms with Crippen LogP contribution >= 0.6 is 0 Å². The first-order chi connectivity index (χ1) is 16.7. The van der Waals surface area contributed by atoms with Crippen molar-refractivity contribution >= 4 is 5.91 Å². The van der Waals surface area contributed by atoms with Gasteiger partial charge in [0.1, 0.15) is 11.9 Å². The molecule has 186 valence electrons. The summed E-state index contributed by atoms with van der Waals surface area (Å²) in [5, 5.41) is 6.90. The SMILES string of the molecule is CCC(Oc1ccc(C(F)(F)F)cn1)C1CC(C)CN1C(=O)c1c(OC)cccc1-c1ccn[nH]1. The van der Waals surface area contributed by atoms with Crippen molar-refractivity contribution in [3.05, 3.63) is 59.9 Å². The molecule has 35 heavy (non-hydrogen) atoms. The molecule has 0 spiro atoms. The van der Waals surface area contributed by atoms with E-state index in [0.29, 0.717) is 42.0 Å². The van der Waals surface area contributed by atoms with E-state index >= 15 is 0 Å². The summed E-state index contributed by atoms with van der Waals surface area (Å²) in [6, 6.07) is 9.03. The highest BCUT2D eigenvalue weighted by molar-refractivity contribution is 6.03. The summed E-state index contributed by atoms with van der Waals surface area (Å²) in [6.45, 7) is 4.49. The number of benzene rings is 1. The highest BCUT2D eigenvalue weighted by Gasteiger charge is 2.40. The lowest BCUT2D eigenvalue weighted by atomic mass is 9.99. The highest BCUT2D eigenvalue weighted by Crippen LogP contribution is 2.36. The number of likely N-dealkylation sites (tertiary alicyclic amines) is 1. The van der Waals surface area contributed by atoms with Crippen LogP contribution in [0.15, 0.2) is 48.8 Å². The normalized spacial score (nSPS) is 19.0. The Hall–Kier alpha value is -3.56. The van der Waals surface area contributed by atoms with E-state index in [1.165, 1.54) is 13.2 Å². The van der Waals surface area contributed by atoms with Crippen molar-refractivity contribution in [2.75, 3.05) is 13.7 Å². The molecule has 1 aliphatic heterocycles. The first-order valence-corrected chi connectivity index (χ1v) is 11.4. The summed E-state index contributed by atoms with van der Waals surface area (Å²) < 4.78 is 50.2. The van der Waals surface area contributed by atoms with Gasteiger partial charge in [0.15, 0.2) is 0 Å². The Labute approximate surface area is 201 Å². The number of nitrogens with one attached hydrogen (secondary N) is 1. The smallest absolute Gasteiger partial charge is 0.417 e. The zero-order chi connectivity index (χ0) is 25.2. The van der Waals surface area contributed by atoms with Crippen LogP contribution in [0.25, 0.3) is 11.3 Å².